The minimum atomic E-state index is 0.517. The summed E-state index contributed by atoms with van der Waals surface area (Å²) in [6, 6.07) is 7.34. The summed E-state index contributed by atoms with van der Waals surface area (Å²) in [4.78, 5) is 0. The van der Waals surface area contributed by atoms with Crippen molar-refractivity contribution in [3.05, 3.63) is 34.9 Å². The van der Waals surface area contributed by atoms with E-state index in [-0.39, 0.29) is 0 Å². The van der Waals surface area contributed by atoms with Gasteiger partial charge in [-0.3, -0.25) is 0 Å². The Labute approximate surface area is 93.9 Å². The summed E-state index contributed by atoms with van der Waals surface area (Å²) in [6.45, 7) is 9.89. The molecule has 0 amide bonds. The Kier molecular flexibility index (Phi) is 4.83. The van der Waals surface area contributed by atoms with Crippen molar-refractivity contribution in [2.45, 2.75) is 46.6 Å². The van der Waals surface area contributed by atoms with Crippen LogP contribution < -0.4 is 5.32 Å². The fourth-order valence-electron chi connectivity index (χ4n) is 2.03. The lowest BCUT2D eigenvalue weighted by molar-refractivity contribution is 0.518. The van der Waals surface area contributed by atoms with E-state index in [1.54, 1.807) is 0 Å². The number of aryl methyl sites for hydroxylation is 2. The number of hydrogen-bond acceptors (Lipinski definition) is 1. The Morgan fingerprint density at radius 1 is 1.07 bits per heavy atom. The van der Waals surface area contributed by atoms with Gasteiger partial charge in [0.05, 0.1) is 0 Å². The first-order valence-corrected chi connectivity index (χ1v) is 5.99. The lowest BCUT2D eigenvalue weighted by Crippen LogP contribution is -2.21. The number of rotatable bonds is 5. The zero-order valence-corrected chi connectivity index (χ0v) is 10.4. The van der Waals surface area contributed by atoms with Crippen molar-refractivity contribution < 1.29 is 0 Å². The van der Waals surface area contributed by atoms with Gasteiger partial charge in [0.2, 0.25) is 0 Å². The zero-order valence-electron chi connectivity index (χ0n) is 10.4. The topological polar surface area (TPSA) is 12.0 Å². The maximum Gasteiger partial charge on any atom is 0.0317 e. The van der Waals surface area contributed by atoms with E-state index in [0.717, 1.165) is 13.0 Å². The Bertz CT molecular complexity index is 284. The van der Waals surface area contributed by atoms with Crippen molar-refractivity contribution in [2.24, 2.45) is 0 Å². The molecule has 0 fully saturated rings. The third kappa shape index (κ3) is 3.67. The van der Waals surface area contributed by atoms with E-state index in [2.05, 4.69) is 51.2 Å². The standard InChI is InChI=1S/C14H23N/c1-5-7-15-14(6-2)13-9-11(3)8-12(4)10-13/h8-10,14-15H,5-7H2,1-4H3. The zero-order chi connectivity index (χ0) is 11.3. The lowest BCUT2D eigenvalue weighted by Gasteiger charge is -2.18. The summed E-state index contributed by atoms with van der Waals surface area (Å²) < 4.78 is 0. The molecular weight excluding hydrogens is 182 g/mol. The normalized spacial score (nSPS) is 12.8. The van der Waals surface area contributed by atoms with Crippen LogP contribution in [0, 0.1) is 13.8 Å². The van der Waals surface area contributed by atoms with Gasteiger partial charge in [0, 0.05) is 6.04 Å². The molecule has 0 heterocycles. The van der Waals surface area contributed by atoms with Crippen molar-refractivity contribution in [3.8, 4) is 0 Å². The van der Waals surface area contributed by atoms with E-state index in [1.807, 2.05) is 0 Å². The molecule has 0 aromatic heterocycles. The van der Waals surface area contributed by atoms with Crippen LogP contribution in [0.3, 0.4) is 0 Å². The molecule has 1 aromatic carbocycles. The summed E-state index contributed by atoms with van der Waals surface area (Å²) in [5.41, 5.74) is 4.16. The highest BCUT2D eigenvalue weighted by molar-refractivity contribution is 5.30. The highest BCUT2D eigenvalue weighted by Crippen LogP contribution is 2.19. The molecule has 0 spiro atoms. The average Bonchev–Trinajstić information content (AvgIpc) is 2.17. The predicted octanol–water partition coefficient (Wildman–Crippen LogP) is 3.75. The first-order chi connectivity index (χ1) is 7.17. The lowest BCUT2D eigenvalue weighted by atomic mass is 9.99. The summed E-state index contributed by atoms with van der Waals surface area (Å²) in [7, 11) is 0. The molecule has 0 saturated heterocycles. The molecule has 1 rings (SSSR count). The third-order valence-electron chi connectivity index (χ3n) is 2.70. The molecule has 1 atom stereocenters. The van der Waals surface area contributed by atoms with Gasteiger partial charge in [-0.05, 0) is 38.8 Å². The molecule has 15 heavy (non-hydrogen) atoms. The van der Waals surface area contributed by atoms with E-state index < -0.39 is 0 Å². The van der Waals surface area contributed by atoms with Crippen molar-refractivity contribution >= 4 is 0 Å². The molecule has 84 valence electrons. The molecule has 1 heteroatoms. The molecule has 0 bridgehead atoms. The molecule has 0 saturated carbocycles. The largest absolute Gasteiger partial charge is 0.310 e. The molecule has 1 aromatic rings. The van der Waals surface area contributed by atoms with Gasteiger partial charge in [-0.15, -0.1) is 0 Å². The SMILES string of the molecule is CCCNC(CC)c1cc(C)cc(C)c1. The monoisotopic (exact) mass is 205 g/mol. The van der Waals surface area contributed by atoms with E-state index in [9.17, 15) is 0 Å². The Hall–Kier alpha value is -0.820. The minimum Gasteiger partial charge on any atom is -0.310 e. The Morgan fingerprint density at radius 2 is 1.67 bits per heavy atom. The van der Waals surface area contributed by atoms with Crippen LogP contribution in [0.15, 0.2) is 18.2 Å². The van der Waals surface area contributed by atoms with Gasteiger partial charge in [0.1, 0.15) is 0 Å². The fraction of sp³-hybridized carbons (Fsp3) is 0.571. The molecule has 0 radical (unpaired) electrons. The van der Waals surface area contributed by atoms with E-state index >= 15 is 0 Å². The van der Waals surface area contributed by atoms with Gasteiger partial charge in [0.15, 0.2) is 0 Å². The second kappa shape index (κ2) is 5.92. The van der Waals surface area contributed by atoms with Crippen LogP contribution in [0.5, 0.6) is 0 Å². The summed E-state index contributed by atoms with van der Waals surface area (Å²) >= 11 is 0. The first-order valence-electron chi connectivity index (χ1n) is 5.99. The van der Waals surface area contributed by atoms with Gasteiger partial charge in [0.25, 0.3) is 0 Å². The Balaban J connectivity index is 2.81. The van der Waals surface area contributed by atoms with Crippen molar-refractivity contribution in [3.63, 3.8) is 0 Å². The maximum absolute atomic E-state index is 3.59. The van der Waals surface area contributed by atoms with Crippen molar-refractivity contribution in [1.29, 1.82) is 0 Å². The van der Waals surface area contributed by atoms with Gasteiger partial charge >= 0.3 is 0 Å². The molecule has 1 N–H and O–H groups in total. The van der Waals surface area contributed by atoms with Crippen LogP contribution in [-0.2, 0) is 0 Å². The van der Waals surface area contributed by atoms with Crippen molar-refractivity contribution in [1.82, 2.24) is 5.32 Å². The second-order valence-corrected chi connectivity index (χ2v) is 4.34. The Morgan fingerprint density at radius 3 is 2.13 bits per heavy atom. The molecule has 0 aliphatic carbocycles. The molecule has 0 aliphatic heterocycles. The third-order valence-corrected chi connectivity index (χ3v) is 2.70. The smallest absolute Gasteiger partial charge is 0.0317 e. The molecule has 0 aliphatic rings. The maximum atomic E-state index is 3.59. The first kappa shape index (κ1) is 12.3. The van der Waals surface area contributed by atoms with E-state index in [0.29, 0.717) is 6.04 Å². The molecule has 1 nitrogen and oxygen atoms in total. The summed E-state index contributed by atoms with van der Waals surface area (Å²) in [6.07, 6.45) is 2.35. The van der Waals surface area contributed by atoms with Gasteiger partial charge in [-0.25, -0.2) is 0 Å². The fourth-order valence-corrected chi connectivity index (χ4v) is 2.03. The number of hydrogen-bond donors (Lipinski definition) is 1. The van der Waals surface area contributed by atoms with Crippen LogP contribution >= 0.6 is 0 Å². The van der Waals surface area contributed by atoms with Crippen molar-refractivity contribution in [2.75, 3.05) is 6.54 Å². The highest BCUT2D eigenvalue weighted by atomic mass is 14.9. The average molecular weight is 205 g/mol. The minimum absolute atomic E-state index is 0.517. The van der Waals surface area contributed by atoms with Crippen LogP contribution in [0.4, 0.5) is 0 Å². The van der Waals surface area contributed by atoms with Gasteiger partial charge < -0.3 is 5.32 Å². The predicted molar refractivity (Wildman–Crippen MR) is 67.2 cm³/mol. The quantitative estimate of drug-likeness (QED) is 0.772. The number of benzene rings is 1. The van der Waals surface area contributed by atoms with Gasteiger partial charge in [-0.2, -0.15) is 0 Å². The summed E-state index contributed by atoms with van der Waals surface area (Å²) in [5, 5.41) is 3.59. The van der Waals surface area contributed by atoms with E-state index in [4.69, 9.17) is 0 Å². The number of nitrogens with one attached hydrogen (secondary N) is 1. The van der Waals surface area contributed by atoms with Gasteiger partial charge in [-0.1, -0.05) is 43.2 Å². The second-order valence-electron chi connectivity index (χ2n) is 4.34. The van der Waals surface area contributed by atoms with Crippen LogP contribution in [-0.4, -0.2) is 6.54 Å². The summed E-state index contributed by atoms with van der Waals surface area (Å²) in [5.74, 6) is 0. The van der Waals surface area contributed by atoms with Crippen LogP contribution in [0.2, 0.25) is 0 Å². The van der Waals surface area contributed by atoms with Crippen LogP contribution in [0.25, 0.3) is 0 Å². The van der Waals surface area contributed by atoms with E-state index in [1.165, 1.54) is 23.1 Å². The highest BCUT2D eigenvalue weighted by Gasteiger charge is 2.08. The van der Waals surface area contributed by atoms with Crippen LogP contribution in [0.1, 0.15) is 49.4 Å². The molecule has 1 unspecified atom stereocenters. The molecular formula is C14H23N.